The number of thiocarbonyl (C=S) groups is 1. The largest absolute Gasteiger partial charge is 0.436 e. The lowest BCUT2D eigenvalue weighted by Gasteiger charge is -2.30. The highest BCUT2D eigenvalue weighted by molar-refractivity contribution is 9.10. The van der Waals surface area contributed by atoms with E-state index in [-0.39, 0.29) is 16.4 Å². The molecule has 1 aliphatic heterocycles. The Hall–Kier alpha value is -3.94. The maximum Gasteiger partial charge on any atom is 0.270 e. The van der Waals surface area contributed by atoms with Gasteiger partial charge in [0, 0.05) is 47.8 Å². The van der Waals surface area contributed by atoms with Crippen LogP contribution in [0.5, 0.6) is 0 Å². The molecular weight excluding hydrogens is 564 g/mol. The number of pyridine rings is 1. The Bertz CT molecular complexity index is 1520. The number of hydrogen-bond donors (Lipinski definition) is 2. The maximum atomic E-state index is 13.1. The summed E-state index contributed by atoms with van der Waals surface area (Å²) in [6.45, 7) is 2.14. The third kappa shape index (κ3) is 5.58. The monoisotopic (exact) mass is 582 g/mol. The molecule has 11 nitrogen and oxygen atoms in total. The molecule has 3 heterocycles. The number of carbonyl (C=O) groups is 1. The summed E-state index contributed by atoms with van der Waals surface area (Å²) in [7, 11) is 0. The number of benzene rings is 2. The van der Waals surface area contributed by atoms with Gasteiger partial charge in [0.2, 0.25) is 5.89 Å². The summed E-state index contributed by atoms with van der Waals surface area (Å²) in [6.07, 6.45) is 3.32. The van der Waals surface area contributed by atoms with E-state index in [2.05, 4.69) is 36.5 Å². The van der Waals surface area contributed by atoms with Gasteiger partial charge in [-0.15, -0.1) is 0 Å². The fourth-order valence-electron chi connectivity index (χ4n) is 3.89. The predicted octanol–water partition coefficient (Wildman–Crippen LogP) is 4.52. The molecule has 2 N–H and O–H groups in total. The topological polar surface area (TPSA) is 136 Å². The highest BCUT2D eigenvalue weighted by Gasteiger charge is 2.23. The molecule has 0 atom stereocenters. The van der Waals surface area contributed by atoms with E-state index in [0.29, 0.717) is 54.7 Å². The van der Waals surface area contributed by atoms with Crippen molar-refractivity contribution in [2.75, 3.05) is 36.5 Å². The summed E-state index contributed by atoms with van der Waals surface area (Å²) >= 11 is 8.73. The van der Waals surface area contributed by atoms with Crippen LogP contribution in [0.1, 0.15) is 10.4 Å². The number of carbonyl (C=O) groups excluding carboxylic acids is 1. The molecule has 37 heavy (non-hydrogen) atoms. The standard InChI is InChI=1S/C24H19BrN6O5S/c25-15-9-14(12-26-13-15)23-28-19-10-16(1-4-21(19)36-23)27-24(37)29-22(32)18-11-17(31(33)34)2-3-20(18)30-5-7-35-8-6-30/h1-4,9-13H,5-8H2,(H2,27,29,32,37). The van der Waals surface area contributed by atoms with Gasteiger partial charge in [0.15, 0.2) is 10.7 Å². The van der Waals surface area contributed by atoms with Gasteiger partial charge in [0.1, 0.15) is 5.52 Å². The van der Waals surface area contributed by atoms with Gasteiger partial charge in [-0.05, 0) is 58.5 Å². The first-order valence-corrected chi connectivity index (χ1v) is 12.3. The summed E-state index contributed by atoms with van der Waals surface area (Å²) in [5.74, 6) is -0.146. The fraction of sp³-hybridized carbons (Fsp3) is 0.167. The number of non-ortho nitro benzene ring substituents is 1. The highest BCUT2D eigenvalue weighted by Crippen LogP contribution is 2.28. The van der Waals surface area contributed by atoms with Gasteiger partial charge >= 0.3 is 0 Å². The van der Waals surface area contributed by atoms with Crippen molar-refractivity contribution < 1.29 is 18.9 Å². The van der Waals surface area contributed by atoms with Crippen LogP contribution < -0.4 is 15.5 Å². The zero-order valence-electron chi connectivity index (χ0n) is 19.1. The van der Waals surface area contributed by atoms with Crippen LogP contribution in [0.3, 0.4) is 0 Å². The number of aromatic nitrogens is 2. The number of anilines is 2. The van der Waals surface area contributed by atoms with Gasteiger partial charge in [0.25, 0.3) is 11.6 Å². The van der Waals surface area contributed by atoms with Crippen molar-refractivity contribution in [3.05, 3.63) is 75.0 Å². The molecule has 0 radical (unpaired) electrons. The molecular formula is C24H19BrN6O5S. The quantitative estimate of drug-likeness (QED) is 0.196. The van der Waals surface area contributed by atoms with E-state index in [9.17, 15) is 14.9 Å². The lowest BCUT2D eigenvalue weighted by atomic mass is 10.1. The molecule has 2 aromatic carbocycles. The van der Waals surface area contributed by atoms with Gasteiger partial charge in [0.05, 0.1) is 35.0 Å². The Morgan fingerprint density at radius 1 is 1.14 bits per heavy atom. The number of nitro groups is 1. The van der Waals surface area contributed by atoms with Gasteiger partial charge in [-0.1, -0.05) is 0 Å². The number of hydrogen-bond acceptors (Lipinski definition) is 9. The van der Waals surface area contributed by atoms with E-state index in [1.54, 1.807) is 36.7 Å². The fourth-order valence-corrected chi connectivity index (χ4v) is 4.47. The number of nitrogens with one attached hydrogen (secondary N) is 2. The number of ether oxygens (including phenoxy) is 1. The summed E-state index contributed by atoms with van der Waals surface area (Å²) < 4.78 is 12.0. The van der Waals surface area contributed by atoms with Crippen LogP contribution in [-0.2, 0) is 4.74 Å². The number of morpholine rings is 1. The first-order valence-electron chi connectivity index (χ1n) is 11.1. The molecule has 1 aliphatic rings. The molecule has 1 fully saturated rings. The van der Waals surface area contributed by atoms with Crippen molar-refractivity contribution in [1.82, 2.24) is 15.3 Å². The first-order chi connectivity index (χ1) is 17.9. The molecule has 188 valence electrons. The van der Waals surface area contributed by atoms with Crippen molar-refractivity contribution in [3.63, 3.8) is 0 Å². The SMILES string of the molecule is O=C(NC(=S)Nc1ccc2oc(-c3cncc(Br)c3)nc2c1)c1cc([N+](=O)[O-])ccc1N1CCOCC1. The molecule has 0 unspecified atom stereocenters. The number of halogens is 1. The van der Waals surface area contributed by atoms with Gasteiger partial charge in [-0.25, -0.2) is 4.98 Å². The van der Waals surface area contributed by atoms with Crippen molar-refractivity contribution in [2.45, 2.75) is 0 Å². The normalized spacial score (nSPS) is 13.4. The molecule has 1 saturated heterocycles. The first kappa shape index (κ1) is 24.7. The smallest absolute Gasteiger partial charge is 0.270 e. The molecule has 0 bridgehead atoms. The maximum absolute atomic E-state index is 13.1. The van der Waals surface area contributed by atoms with Crippen LogP contribution >= 0.6 is 28.1 Å². The molecule has 13 heteroatoms. The van der Waals surface area contributed by atoms with E-state index >= 15 is 0 Å². The molecule has 0 spiro atoms. The number of oxazole rings is 1. The van der Waals surface area contributed by atoms with Gasteiger partial charge < -0.3 is 19.4 Å². The lowest BCUT2D eigenvalue weighted by Crippen LogP contribution is -2.39. The molecule has 4 aromatic rings. The Kier molecular flexibility index (Phi) is 7.08. The summed E-state index contributed by atoms with van der Waals surface area (Å²) in [4.78, 5) is 34.5. The summed E-state index contributed by atoms with van der Waals surface area (Å²) in [5, 5.41) is 16.9. The molecule has 0 saturated carbocycles. The molecule has 5 rings (SSSR count). The van der Waals surface area contributed by atoms with Crippen molar-refractivity contribution in [2.24, 2.45) is 0 Å². The minimum atomic E-state index is -0.561. The lowest BCUT2D eigenvalue weighted by molar-refractivity contribution is -0.384. The predicted molar refractivity (Wildman–Crippen MR) is 145 cm³/mol. The minimum absolute atomic E-state index is 0.0312. The van der Waals surface area contributed by atoms with E-state index in [4.69, 9.17) is 21.4 Å². The second-order valence-electron chi connectivity index (χ2n) is 8.06. The number of rotatable bonds is 5. The van der Waals surface area contributed by atoms with E-state index in [1.807, 2.05) is 11.0 Å². The van der Waals surface area contributed by atoms with Gasteiger partial charge in [-0.2, -0.15) is 0 Å². The third-order valence-electron chi connectivity index (χ3n) is 5.61. The zero-order chi connectivity index (χ0) is 25.9. The van der Waals surface area contributed by atoms with Crippen LogP contribution in [-0.4, -0.2) is 52.2 Å². The van der Waals surface area contributed by atoms with Gasteiger partial charge in [-0.3, -0.25) is 25.2 Å². The Morgan fingerprint density at radius 2 is 1.95 bits per heavy atom. The Labute approximate surface area is 224 Å². The second-order valence-corrected chi connectivity index (χ2v) is 9.38. The van der Waals surface area contributed by atoms with Crippen molar-refractivity contribution in [3.8, 4) is 11.5 Å². The molecule has 1 amide bonds. The van der Waals surface area contributed by atoms with E-state index in [1.165, 1.54) is 12.1 Å². The summed E-state index contributed by atoms with van der Waals surface area (Å²) in [6, 6.07) is 11.3. The van der Waals surface area contributed by atoms with E-state index in [0.717, 1.165) is 10.0 Å². The third-order valence-corrected chi connectivity index (χ3v) is 6.25. The number of amides is 1. The number of fused-ring (bicyclic) bond motifs is 1. The van der Waals surface area contributed by atoms with Crippen LogP contribution in [0, 0.1) is 10.1 Å². The second kappa shape index (κ2) is 10.6. The van der Waals surface area contributed by atoms with Crippen molar-refractivity contribution in [1.29, 1.82) is 0 Å². The van der Waals surface area contributed by atoms with Crippen LogP contribution in [0.2, 0.25) is 0 Å². The zero-order valence-corrected chi connectivity index (χ0v) is 21.5. The van der Waals surface area contributed by atoms with Crippen LogP contribution in [0.15, 0.2) is 63.7 Å². The Balaban J connectivity index is 1.33. The van der Waals surface area contributed by atoms with Crippen molar-refractivity contribution >= 4 is 67.3 Å². The number of nitrogens with zero attached hydrogens (tertiary/aromatic N) is 4. The average molecular weight is 583 g/mol. The summed E-state index contributed by atoms with van der Waals surface area (Å²) in [5.41, 5.74) is 3.00. The van der Waals surface area contributed by atoms with Crippen LogP contribution in [0.4, 0.5) is 17.1 Å². The Morgan fingerprint density at radius 3 is 2.70 bits per heavy atom. The van der Waals surface area contributed by atoms with Crippen LogP contribution in [0.25, 0.3) is 22.6 Å². The highest BCUT2D eigenvalue weighted by atomic mass is 79.9. The molecule has 0 aliphatic carbocycles. The molecule has 2 aromatic heterocycles. The average Bonchev–Trinajstić information content (AvgIpc) is 3.32. The van der Waals surface area contributed by atoms with E-state index < -0.39 is 10.8 Å². The number of nitro benzene ring substituents is 1. The minimum Gasteiger partial charge on any atom is -0.436 e.